The highest BCUT2D eigenvalue weighted by molar-refractivity contribution is 5.71. The van der Waals surface area contributed by atoms with Crippen LogP contribution < -0.4 is 4.74 Å². The van der Waals surface area contributed by atoms with E-state index in [9.17, 15) is 0 Å². The molecular weight excluding hydrogens is 308 g/mol. The van der Waals surface area contributed by atoms with E-state index in [2.05, 4.69) is 63.4 Å². The predicted molar refractivity (Wildman–Crippen MR) is 105 cm³/mol. The van der Waals surface area contributed by atoms with Crippen molar-refractivity contribution in [3.63, 3.8) is 0 Å². The van der Waals surface area contributed by atoms with Crippen LogP contribution in [0.5, 0.6) is 5.75 Å². The van der Waals surface area contributed by atoms with E-state index in [0.29, 0.717) is 5.92 Å². The van der Waals surface area contributed by atoms with Crippen LogP contribution in [0.2, 0.25) is 0 Å². The second-order valence-corrected chi connectivity index (χ2v) is 6.91. The number of hydrogen-bond donors (Lipinski definition) is 0. The van der Waals surface area contributed by atoms with Gasteiger partial charge in [0.05, 0.1) is 18.3 Å². The van der Waals surface area contributed by atoms with Crippen molar-refractivity contribution < 1.29 is 4.74 Å². The van der Waals surface area contributed by atoms with Crippen LogP contribution in [0.3, 0.4) is 0 Å². The Morgan fingerprint density at radius 1 is 1.00 bits per heavy atom. The summed E-state index contributed by atoms with van der Waals surface area (Å²) in [7, 11) is 1.70. The maximum absolute atomic E-state index is 5.33. The van der Waals surface area contributed by atoms with E-state index in [4.69, 9.17) is 9.84 Å². The summed E-state index contributed by atoms with van der Waals surface area (Å²) >= 11 is 0. The van der Waals surface area contributed by atoms with Crippen LogP contribution in [0.4, 0.5) is 0 Å². The zero-order chi connectivity index (χ0) is 18.1. The Morgan fingerprint density at radius 2 is 1.72 bits per heavy atom. The van der Waals surface area contributed by atoms with Crippen molar-refractivity contribution in [1.29, 1.82) is 0 Å². The highest BCUT2D eigenvalue weighted by atomic mass is 16.5. The number of aryl methyl sites for hydroxylation is 3. The van der Waals surface area contributed by atoms with E-state index in [1.165, 1.54) is 27.9 Å². The lowest BCUT2D eigenvalue weighted by Gasteiger charge is -2.14. The first-order valence-corrected chi connectivity index (χ1v) is 9.15. The molecular formula is C22H28N2O. The zero-order valence-corrected chi connectivity index (χ0v) is 16.2. The Labute approximate surface area is 150 Å². The number of hydrogen-bond acceptors (Lipinski definition) is 2. The van der Waals surface area contributed by atoms with E-state index >= 15 is 0 Å². The topological polar surface area (TPSA) is 26.5 Å². The maximum Gasteiger partial charge on any atom is 0.119 e. The van der Waals surface area contributed by atoms with Crippen molar-refractivity contribution >= 4 is 5.52 Å². The number of methoxy groups -OCH3 is 1. The highest BCUT2D eigenvalue weighted by Crippen LogP contribution is 2.33. The number of ether oxygens (including phenoxy) is 1. The molecule has 3 heteroatoms. The van der Waals surface area contributed by atoms with Crippen molar-refractivity contribution in [2.24, 2.45) is 0 Å². The van der Waals surface area contributed by atoms with Crippen molar-refractivity contribution in [2.45, 2.75) is 53.4 Å². The summed E-state index contributed by atoms with van der Waals surface area (Å²) in [6.07, 6.45) is 2.32. The number of aromatic nitrogens is 2. The zero-order valence-electron chi connectivity index (χ0n) is 16.2. The van der Waals surface area contributed by atoms with Gasteiger partial charge in [-0.25, -0.2) is 4.52 Å². The minimum absolute atomic E-state index is 0.596. The van der Waals surface area contributed by atoms with Gasteiger partial charge in [0.25, 0.3) is 0 Å². The molecule has 25 heavy (non-hydrogen) atoms. The summed E-state index contributed by atoms with van der Waals surface area (Å²) < 4.78 is 7.44. The smallest absolute Gasteiger partial charge is 0.119 e. The predicted octanol–water partition coefficient (Wildman–Crippen LogP) is 5.84. The third-order valence-corrected chi connectivity index (χ3v) is 5.26. The molecule has 0 aliphatic rings. The first-order valence-electron chi connectivity index (χ1n) is 9.15. The molecule has 0 aliphatic carbocycles. The lowest BCUT2D eigenvalue weighted by molar-refractivity contribution is 0.414. The molecule has 132 valence electrons. The van der Waals surface area contributed by atoms with Crippen LogP contribution in [0, 0.1) is 20.8 Å². The van der Waals surface area contributed by atoms with Gasteiger partial charge in [0, 0.05) is 11.3 Å². The minimum Gasteiger partial charge on any atom is -0.497 e. The Bertz CT molecular complexity index is 904. The van der Waals surface area contributed by atoms with Gasteiger partial charge < -0.3 is 4.74 Å². The van der Waals surface area contributed by atoms with Gasteiger partial charge in [-0.2, -0.15) is 5.10 Å². The van der Waals surface area contributed by atoms with Crippen LogP contribution in [0.15, 0.2) is 30.3 Å². The van der Waals surface area contributed by atoms with Gasteiger partial charge in [-0.15, -0.1) is 0 Å². The second kappa shape index (κ2) is 6.91. The highest BCUT2D eigenvalue weighted by Gasteiger charge is 2.17. The summed E-state index contributed by atoms with van der Waals surface area (Å²) in [5.41, 5.74) is 8.48. The number of rotatable bonds is 5. The van der Waals surface area contributed by atoms with E-state index < -0.39 is 0 Å². The van der Waals surface area contributed by atoms with Crippen LogP contribution in [-0.2, 0) is 0 Å². The van der Waals surface area contributed by atoms with Gasteiger partial charge in [0.15, 0.2) is 0 Å². The summed E-state index contributed by atoms with van der Waals surface area (Å²) in [6, 6.07) is 10.8. The molecule has 0 saturated heterocycles. The Hall–Kier alpha value is -2.29. The molecule has 3 aromatic rings. The summed E-state index contributed by atoms with van der Waals surface area (Å²) in [5.74, 6) is 1.48. The molecule has 0 bridgehead atoms. The molecule has 0 amide bonds. The molecule has 3 rings (SSSR count). The van der Waals surface area contributed by atoms with Gasteiger partial charge in [0.2, 0.25) is 0 Å². The van der Waals surface area contributed by atoms with Crippen molar-refractivity contribution in [1.82, 2.24) is 9.61 Å². The quantitative estimate of drug-likeness (QED) is 0.585. The summed E-state index contributed by atoms with van der Waals surface area (Å²) in [5, 5.41) is 5.01. The fourth-order valence-electron chi connectivity index (χ4n) is 3.75. The monoisotopic (exact) mass is 336 g/mol. The van der Waals surface area contributed by atoms with Crippen LogP contribution in [0.1, 0.15) is 55.0 Å². The molecule has 0 N–H and O–H groups in total. The number of benzene rings is 1. The molecule has 0 unspecified atom stereocenters. The van der Waals surface area contributed by atoms with Gasteiger partial charge in [-0.3, -0.25) is 0 Å². The second-order valence-electron chi connectivity index (χ2n) is 6.91. The van der Waals surface area contributed by atoms with Crippen molar-refractivity contribution in [2.75, 3.05) is 7.11 Å². The van der Waals surface area contributed by atoms with Crippen LogP contribution in [-0.4, -0.2) is 16.7 Å². The third kappa shape index (κ3) is 3.04. The molecule has 2 aromatic heterocycles. The lowest BCUT2D eigenvalue weighted by Crippen LogP contribution is -2.02. The Kier molecular flexibility index (Phi) is 4.85. The van der Waals surface area contributed by atoms with Gasteiger partial charge in [0.1, 0.15) is 5.75 Å². The molecule has 0 aliphatic heterocycles. The third-order valence-electron chi connectivity index (χ3n) is 5.26. The molecule has 0 fully saturated rings. The lowest BCUT2D eigenvalue weighted by atomic mass is 9.94. The first kappa shape index (κ1) is 17.5. The Balaban J connectivity index is 2.19. The SMILES string of the molecule is CCC(CC)c1cc(C)n2nc(-c3ccc(OC)cc3C)c(C)cc12. The van der Waals surface area contributed by atoms with Gasteiger partial charge in [-0.1, -0.05) is 13.8 Å². The average Bonchev–Trinajstić information content (AvgIpc) is 2.91. The molecule has 0 spiro atoms. The minimum atomic E-state index is 0.596. The molecule has 2 heterocycles. The van der Waals surface area contributed by atoms with E-state index in [1.807, 2.05) is 6.07 Å². The number of nitrogens with zero attached hydrogens (tertiary/aromatic N) is 2. The van der Waals surface area contributed by atoms with Gasteiger partial charge >= 0.3 is 0 Å². The molecule has 0 saturated carbocycles. The molecule has 1 aromatic carbocycles. The standard InChI is InChI=1S/C22H28N2O/c1-7-17(8-2)20-13-16(5)24-21(20)12-15(4)22(23-24)19-10-9-18(25-6)11-14(19)3/h9-13,17H,7-8H2,1-6H3. The normalized spacial score (nSPS) is 11.5. The largest absolute Gasteiger partial charge is 0.497 e. The van der Waals surface area contributed by atoms with E-state index in [1.54, 1.807) is 7.11 Å². The Morgan fingerprint density at radius 3 is 2.32 bits per heavy atom. The summed E-state index contributed by atoms with van der Waals surface area (Å²) in [4.78, 5) is 0. The fourth-order valence-corrected chi connectivity index (χ4v) is 3.75. The van der Waals surface area contributed by atoms with Crippen molar-refractivity contribution in [3.8, 4) is 17.0 Å². The number of fused-ring (bicyclic) bond motifs is 1. The van der Waals surface area contributed by atoms with E-state index in [0.717, 1.165) is 29.8 Å². The summed E-state index contributed by atoms with van der Waals surface area (Å²) in [6.45, 7) is 10.9. The molecule has 3 nitrogen and oxygen atoms in total. The fraction of sp³-hybridized carbons (Fsp3) is 0.409. The molecule has 0 radical (unpaired) electrons. The maximum atomic E-state index is 5.33. The van der Waals surface area contributed by atoms with Gasteiger partial charge in [-0.05, 0) is 86.6 Å². The first-order chi connectivity index (χ1) is 12.0. The van der Waals surface area contributed by atoms with Crippen LogP contribution >= 0.6 is 0 Å². The average molecular weight is 336 g/mol. The van der Waals surface area contributed by atoms with Crippen LogP contribution in [0.25, 0.3) is 16.8 Å². The van der Waals surface area contributed by atoms with E-state index in [-0.39, 0.29) is 0 Å². The van der Waals surface area contributed by atoms with Crippen molar-refractivity contribution in [3.05, 3.63) is 52.7 Å². The molecule has 0 atom stereocenters.